The van der Waals surface area contributed by atoms with Crippen molar-refractivity contribution in [3.8, 4) is 0 Å². The number of aliphatic hydroxyl groups is 1. The van der Waals surface area contributed by atoms with E-state index in [0.717, 1.165) is 35.9 Å². The highest BCUT2D eigenvalue weighted by Crippen LogP contribution is 2.20. The predicted octanol–water partition coefficient (Wildman–Crippen LogP) is 2.54. The maximum Gasteiger partial charge on any atom is 0.317 e. The van der Waals surface area contributed by atoms with Crippen LogP contribution in [0.3, 0.4) is 0 Å². The van der Waals surface area contributed by atoms with Crippen molar-refractivity contribution in [1.82, 2.24) is 15.2 Å². The molecule has 1 aliphatic rings. The van der Waals surface area contributed by atoms with Gasteiger partial charge in [-0.3, -0.25) is 4.98 Å². The average molecular weight is 313 g/mol. The lowest BCUT2D eigenvalue weighted by molar-refractivity contribution is 0.0738. The molecule has 0 saturated carbocycles. The molecule has 1 aromatic carbocycles. The van der Waals surface area contributed by atoms with E-state index in [9.17, 15) is 9.90 Å². The van der Waals surface area contributed by atoms with E-state index >= 15 is 0 Å². The Kier molecular flexibility index (Phi) is 4.76. The van der Waals surface area contributed by atoms with Gasteiger partial charge < -0.3 is 15.3 Å². The minimum absolute atomic E-state index is 0.0664. The first kappa shape index (κ1) is 15.7. The minimum Gasteiger partial charge on any atom is -0.393 e. The number of benzene rings is 1. The van der Waals surface area contributed by atoms with Gasteiger partial charge in [0.2, 0.25) is 0 Å². The fourth-order valence-corrected chi connectivity index (χ4v) is 3.18. The largest absolute Gasteiger partial charge is 0.393 e. The van der Waals surface area contributed by atoms with Gasteiger partial charge in [-0.1, -0.05) is 24.3 Å². The van der Waals surface area contributed by atoms with Gasteiger partial charge in [0.1, 0.15) is 0 Å². The van der Waals surface area contributed by atoms with Gasteiger partial charge in [0, 0.05) is 37.1 Å². The molecular weight excluding hydrogens is 290 g/mol. The minimum atomic E-state index is -0.368. The molecule has 5 nitrogen and oxygen atoms in total. The first-order valence-corrected chi connectivity index (χ1v) is 8.18. The molecule has 0 aliphatic carbocycles. The molecule has 3 rings (SSSR count). The number of piperidine rings is 1. The Bertz CT molecular complexity index is 682. The van der Waals surface area contributed by atoms with E-state index in [2.05, 4.69) is 10.3 Å². The molecule has 1 saturated heterocycles. The third-order valence-corrected chi connectivity index (χ3v) is 4.57. The van der Waals surface area contributed by atoms with E-state index in [1.54, 1.807) is 18.0 Å². The third-order valence-electron chi connectivity index (χ3n) is 4.57. The van der Waals surface area contributed by atoms with E-state index in [0.29, 0.717) is 13.1 Å². The quantitative estimate of drug-likeness (QED) is 0.915. The van der Waals surface area contributed by atoms with Gasteiger partial charge in [0.25, 0.3) is 0 Å². The van der Waals surface area contributed by atoms with Crippen LogP contribution in [0.2, 0.25) is 0 Å². The van der Waals surface area contributed by atoms with Crippen LogP contribution in [0.25, 0.3) is 10.9 Å². The van der Waals surface area contributed by atoms with Crippen molar-refractivity contribution in [1.29, 1.82) is 0 Å². The summed E-state index contributed by atoms with van der Waals surface area (Å²) in [6.45, 7) is 3.64. The number of amides is 2. The fourth-order valence-electron chi connectivity index (χ4n) is 3.18. The molecule has 2 N–H and O–H groups in total. The van der Waals surface area contributed by atoms with Gasteiger partial charge in [-0.2, -0.15) is 0 Å². The highest BCUT2D eigenvalue weighted by Gasteiger charge is 2.26. The average Bonchev–Trinajstić information content (AvgIpc) is 2.59. The summed E-state index contributed by atoms with van der Waals surface area (Å²) in [6.07, 6.45) is 3.33. The molecule has 1 aliphatic heterocycles. The lowest BCUT2D eigenvalue weighted by Crippen LogP contribution is -2.47. The van der Waals surface area contributed by atoms with Crippen LogP contribution in [0.4, 0.5) is 4.79 Å². The number of hydrogen-bond donors (Lipinski definition) is 2. The summed E-state index contributed by atoms with van der Waals surface area (Å²) in [4.78, 5) is 18.6. The molecule has 2 atom stereocenters. The van der Waals surface area contributed by atoms with Gasteiger partial charge in [0.05, 0.1) is 11.6 Å². The molecule has 122 valence electrons. The fraction of sp³-hybridized carbons (Fsp3) is 0.444. The van der Waals surface area contributed by atoms with Gasteiger partial charge in [-0.05, 0) is 31.4 Å². The van der Waals surface area contributed by atoms with Crippen molar-refractivity contribution in [2.45, 2.75) is 32.4 Å². The summed E-state index contributed by atoms with van der Waals surface area (Å²) in [5.74, 6) is 0.175. The summed E-state index contributed by atoms with van der Waals surface area (Å²) >= 11 is 0. The highest BCUT2D eigenvalue weighted by molar-refractivity contribution is 5.82. The van der Waals surface area contributed by atoms with Crippen molar-refractivity contribution in [3.05, 3.63) is 42.1 Å². The molecule has 1 aromatic heterocycles. The monoisotopic (exact) mass is 313 g/mol. The number of aromatic nitrogens is 1. The van der Waals surface area contributed by atoms with Gasteiger partial charge >= 0.3 is 6.03 Å². The van der Waals surface area contributed by atoms with Crippen molar-refractivity contribution in [2.24, 2.45) is 5.92 Å². The Balaban J connectivity index is 1.64. The second kappa shape index (κ2) is 6.96. The topological polar surface area (TPSA) is 65.5 Å². The predicted molar refractivity (Wildman–Crippen MR) is 90.0 cm³/mol. The smallest absolute Gasteiger partial charge is 0.317 e. The first-order valence-electron chi connectivity index (χ1n) is 8.18. The molecule has 5 heteroatoms. The number of hydrogen-bond acceptors (Lipinski definition) is 3. The van der Waals surface area contributed by atoms with Crippen LogP contribution >= 0.6 is 0 Å². The lowest BCUT2D eigenvalue weighted by atomic mass is 9.94. The molecule has 2 amide bonds. The number of nitrogens with zero attached hydrogens (tertiary/aromatic N) is 2. The van der Waals surface area contributed by atoms with Crippen LogP contribution in [0, 0.1) is 5.92 Å². The van der Waals surface area contributed by atoms with Crippen molar-refractivity contribution < 1.29 is 9.90 Å². The number of para-hydroxylation sites is 1. The zero-order chi connectivity index (χ0) is 16.2. The Hall–Kier alpha value is -2.14. The van der Waals surface area contributed by atoms with E-state index in [-0.39, 0.29) is 18.1 Å². The van der Waals surface area contributed by atoms with Crippen molar-refractivity contribution in [3.63, 3.8) is 0 Å². The normalized spacial score (nSPS) is 19.6. The number of fused-ring (bicyclic) bond motifs is 1. The molecule has 0 bridgehead atoms. The number of rotatable bonds is 3. The van der Waals surface area contributed by atoms with Crippen LogP contribution in [0.15, 0.2) is 36.5 Å². The molecule has 2 aromatic rings. The van der Waals surface area contributed by atoms with E-state index in [1.165, 1.54) is 0 Å². The maximum absolute atomic E-state index is 12.4. The number of aliphatic hydroxyl groups excluding tert-OH is 1. The molecule has 23 heavy (non-hydrogen) atoms. The Morgan fingerprint density at radius 1 is 1.43 bits per heavy atom. The lowest BCUT2D eigenvalue weighted by Gasteiger charge is -2.34. The standard InChI is InChI=1S/C18H23N3O2/c1-13(22)16-8-4-10-21(12-16)18(23)20-11-15-6-2-5-14-7-3-9-19-17(14)15/h2-3,5-7,9,13,16,22H,4,8,10-12H2,1H3,(H,20,23). The van der Waals surface area contributed by atoms with Crippen LogP contribution in [0.5, 0.6) is 0 Å². The van der Waals surface area contributed by atoms with Gasteiger partial charge in [0.15, 0.2) is 0 Å². The zero-order valence-electron chi connectivity index (χ0n) is 13.4. The molecule has 0 radical (unpaired) electrons. The molecule has 0 spiro atoms. The van der Waals surface area contributed by atoms with Crippen LogP contribution < -0.4 is 5.32 Å². The van der Waals surface area contributed by atoms with Crippen molar-refractivity contribution >= 4 is 16.9 Å². The van der Waals surface area contributed by atoms with Crippen molar-refractivity contribution in [2.75, 3.05) is 13.1 Å². The number of pyridine rings is 1. The first-order chi connectivity index (χ1) is 11.1. The highest BCUT2D eigenvalue weighted by atomic mass is 16.3. The number of likely N-dealkylation sites (tertiary alicyclic amines) is 1. The third kappa shape index (κ3) is 3.62. The second-order valence-corrected chi connectivity index (χ2v) is 6.24. The molecular formula is C18H23N3O2. The molecule has 2 heterocycles. The number of nitrogens with one attached hydrogen (secondary N) is 1. The zero-order valence-corrected chi connectivity index (χ0v) is 13.4. The Morgan fingerprint density at radius 3 is 3.09 bits per heavy atom. The number of carbonyl (C=O) groups is 1. The Labute approximate surface area is 136 Å². The van der Waals surface area contributed by atoms with E-state index < -0.39 is 0 Å². The summed E-state index contributed by atoms with van der Waals surface area (Å²) in [5, 5.41) is 13.8. The molecule has 1 fully saturated rings. The van der Waals surface area contributed by atoms with Crippen LogP contribution in [0.1, 0.15) is 25.3 Å². The second-order valence-electron chi connectivity index (χ2n) is 6.24. The van der Waals surface area contributed by atoms with E-state index in [1.807, 2.05) is 30.3 Å². The van der Waals surface area contributed by atoms with Crippen LogP contribution in [-0.4, -0.2) is 40.2 Å². The maximum atomic E-state index is 12.4. The SMILES string of the molecule is CC(O)C1CCCN(C(=O)NCc2cccc3cccnc23)C1. The van der Waals surface area contributed by atoms with Crippen LogP contribution in [-0.2, 0) is 6.54 Å². The van der Waals surface area contributed by atoms with Gasteiger partial charge in [-0.25, -0.2) is 4.79 Å². The summed E-state index contributed by atoms with van der Waals surface area (Å²) in [5.41, 5.74) is 1.94. The number of carbonyl (C=O) groups excluding carboxylic acids is 1. The summed E-state index contributed by atoms with van der Waals surface area (Å²) in [7, 11) is 0. The Morgan fingerprint density at radius 2 is 2.26 bits per heavy atom. The molecule has 2 unspecified atom stereocenters. The summed E-state index contributed by atoms with van der Waals surface area (Å²) in [6, 6.07) is 9.86. The summed E-state index contributed by atoms with van der Waals surface area (Å²) < 4.78 is 0. The number of urea groups is 1. The van der Waals surface area contributed by atoms with E-state index in [4.69, 9.17) is 0 Å². The van der Waals surface area contributed by atoms with Gasteiger partial charge in [-0.15, -0.1) is 0 Å².